The number of ether oxygens (including phenoxy) is 2. The number of benzene rings is 1. The molecule has 1 fully saturated rings. The van der Waals surface area contributed by atoms with E-state index in [1.54, 1.807) is 12.0 Å². The fourth-order valence-electron chi connectivity index (χ4n) is 2.50. The fourth-order valence-corrected chi connectivity index (χ4v) is 2.50. The van der Waals surface area contributed by atoms with Crippen molar-refractivity contribution >= 4 is 11.8 Å². The highest BCUT2D eigenvalue weighted by molar-refractivity contribution is 5.69. The van der Waals surface area contributed by atoms with E-state index in [0.29, 0.717) is 6.61 Å². The van der Waals surface area contributed by atoms with Gasteiger partial charge in [0.15, 0.2) is 0 Å². The lowest BCUT2D eigenvalue weighted by atomic mass is 10.2. The van der Waals surface area contributed by atoms with Gasteiger partial charge in [-0.05, 0) is 57.9 Å². The third-order valence-electron chi connectivity index (χ3n) is 3.52. The van der Waals surface area contributed by atoms with Gasteiger partial charge in [0.05, 0.1) is 18.8 Å². The van der Waals surface area contributed by atoms with Gasteiger partial charge in [0.25, 0.3) is 0 Å². The van der Waals surface area contributed by atoms with Crippen LogP contribution in [0, 0.1) is 0 Å². The second-order valence-corrected chi connectivity index (χ2v) is 6.61. The van der Waals surface area contributed by atoms with Crippen LogP contribution in [0.5, 0.6) is 5.75 Å². The lowest BCUT2D eigenvalue weighted by Gasteiger charge is -2.28. The first kappa shape index (κ1) is 17.4. The number of carbonyl (C=O) groups is 1. The monoisotopic (exact) mass is 322 g/mol. The van der Waals surface area contributed by atoms with Crippen LogP contribution in [0.3, 0.4) is 0 Å². The molecule has 0 radical (unpaired) electrons. The molecule has 1 N–H and O–H groups in total. The van der Waals surface area contributed by atoms with Crippen LogP contribution in [0.2, 0.25) is 0 Å². The Hall–Kier alpha value is -1.95. The first-order valence-electron chi connectivity index (χ1n) is 7.90. The Kier molecular flexibility index (Phi) is 5.71. The summed E-state index contributed by atoms with van der Waals surface area (Å²) in [4.78, 5) is 18.8. The summed E-state index contributed by atoms with van der Waals surface area (Å²) in [5, 5.41) is 0. The fraction of sp³-hybridized carbons (Fsp3) is 0.588. The van der Waals surface area contributed by atoms with Crippen LogP contribution >= 0.6 is 0 Å². The Morgan fingerprint density at radius 2 is 2.00 bits per heavy atom. The zero-order chi connectivity index (χ0) is 16.9. The summed E-state index contributed by atoms with van der Waals surface area (Å²) in [7, 11) is 1.57. The Morgan fingerprint density at radius 1 is 1.30 bits per heavy atom. The SMILES string of the molecule is CONc1ccc(OCC2CCCN2C(=O)OC(C)(C)C)cc1. The van der Waals surface area contributed by atoms with Crippen molar-refractivity contribution in [1.29, 1.82) is 0 Å². The molecule has 23 heavy (non-hydrogen) atoms. The van der Waals surface area contributed by atoms with Gasteiger partial charge in [0.1, 0.15) is 18.0 Å². The molecule has 1 amide bonds. The summed E-state index contributed by atoms with van der Waals surface area (Å²) < 4.78 is 11.3. The second kappa shape index (κ2) is 7.55. The maximum atomic E-state index is 12.2. The molecule has 1 saturated heterocycles. The predicted octanol–water partition coefficient (Wildman–Crippen LogP) is 3.44. The summed E-state index contributed by atoms with van der Waals surface area (Å²) in [6.45, 7) is 6.82. The van der Waals surface area contributed by atoms with Crippen LogP contribution in [0.25, 0.3) is 0 Å². The molecule has 0 bridgehead atoms. The second-order valence-electron chi connectivity index (χ2n) is 6.61. The highest BCUT2D eigenvalue weighted by Gasteiger charge is 2.32. The first-order chi connectivity index (χ1) is 10.9. The van der Waals surface area contributed by atoms with E-state index in [-0.39, 0.29) is 12.1 Å². The zero-order valence-corrected chi connectivity index (χ0v) is 14.3. The average molecular weight is 322 g/mol. The molecule has 1 aliphatic heterocycles. The molecule has 0 spiro atoms. The van der Waals surface area contributed by atoms with Crippen molar-refractivity contribution in [3.8, 4) is 5.75 Å². The van der Waals surface area contributed by atoms with Crippen molar-refractivity contribution < 1.29 is 19.1 Å². The molecule has 0 aliphatic carbocycles. The maximum Gasteiger partial charge on any atom is 0.410 e. The molecule has 6 nitrogen and oxygen atoms in total. The van der Waals surface area contributed by atoms with E-state index in [2.05, 4.69) is 5.48 Å². The van der Waals surface area contributed by atoms with Gasteiger partial charge in [-0.2, -0.15) is 0 Å². The Labute approximate surface area is 137 Å². The number of hydrogen-bond acceptors (Lipinski definition) is 5. The van der Waals surface area contributed by atoms with Crippen molar-refractivity contribution in [1.82, 2.24) is 4.90 Å². The molecular formula is C17H26N2O4. The van der Waals surface area contributed by atoms with E-state index in [1.165, 1.54) is 0 Å². The van der Waals surface area contributed by atoms with E-state index in [4.69, 9.17) is 14.3 Å². The topological polar surface area (TPSA) is 60.0 Å². The van der Waals surface area contributed by atoms with Gasteiger partial charge in [-0.1, -0.05) is 0 Å². The van der Waals surface area contributed by atoms with E-state index in [1.807, 2.05) is 45.0 Å². The molecule has 1 unspecified atom stereocenters. The third-order valence-corrected chi connectivity index (χ3v) is 3.52. The summed E-state index contributed by atoms with van der Waals surface area (Å²) in [6.07, 6.45) is 1.65. The van der Waals surface area contributed by atoms with Crippen molar-refractivity contribution in [3.05, 3.63) is 24.3 Å². The van der Waals surface area contributed by atoms with Crippen molar-refractivity contribution in [2.75, 3.05) is 25.7 Å². The molecule has 0 aromatic heterocycles. The van der Waals surface area contributed by atoms with Gasteiger partial charge in [-0.15, -0.1) is 0 Å². The lowest BCUT2D eigenvalue weighted by Crippen LogP contribution is -2.42. The van der Waals surface area contributed by atoms with Crippen LogP contribution in [0.15, 0.2) is 24.3 Å². The largest absolute Gasteiger partial charge is 0.491 e. The van der Waals surface area contributed by atoms with Crippen LogP contribution < -0.4 is 10.2 Å². The molecular weight excluding hydrogens is 296 g/mol. The summed E-state index contributed by atoms with van der Waals surface area (Å²) in [6, 6.07) is 7.54. The van der Waals surface area contributed by atoms with E-state index < -0.39 is 5.60 Å². The predicted molar refractivity (Wildman–Crippen MR) is 88.5 cm³/mol. The molecule has 1 heterocycles. The number of likely N-dealkylation sites (tertiary alicyclic amines) is 1. The number of rotatable bonds is 5. The van der Waals surface area contributed by atoms with Gasteiger partial charge in [-0.25, -0.2) is 4.79 Å². The van der Waals surface area contributed by atoms with Gasteiger partial charge in [0.2, 0.25) is 0 Å². The van der Waals surface area contributed by atoms with Crippen molar-refractivity contribution in [2.24, 2.45) is 0 Å². The number of nitrogens with zero attached hydrogens (tertiary/aromatic N) is 1. The number of amides is 1. The Balaban J connectivity index is 1.87. The number of nitrogens with one attached hydrogen (secondary N) is 1. The summed E-state index contributed by atoms with van der Waals surface area (Å²) in [5.74, 6) is 0.766. The zero-order valence-electron chi connectivity index (χ0n) is 14.3. The molecule has 1 aromatic carbocycles. The van der Waals surface area contributed by atoms with Crippen LogP contribution in [0.1, 0.15) is 33.6 Å². The van der Waals surface area contributed by atoms with Gasteiger partial charge in [0, 0.05) is 6.54 Å². The molecule has 1 aromatic rings. The maximum absolute atomic E-state index is 12.2. The van der Waals surface area contributed by atoms with Gasteiger partial charge < -0.3 is 14.4 Å². The Bertz CT molecular complexity index is 510. The summed E-state index contributed by atoms with van der Waals surface area (Å²) in [5.41, 5.74) is 3.13. The highest BCUT2D eigenvalue weighted by Crippen LogP contribution is 2.22. The molecule has 1 atom stereocenters. The molecule has 2 rings (SSSR count). The first-order valence-corrected chi connectivity index (χ1v) is 7.90. The van der Waals surface area contributed by atoms with Gasteiger partial charge in [-0.3, -0.25) is 10.3 Å². The minimum Gasteiger partial charge on any atom is -0.491 e. The van der Waals surface area contributed by atoms with Crippen LogP contribution in [-0.4, -0.2) is 42.9 Å². The molecule has 128 valence electrons. The number of carbonyl (C=O) groups excluding carboxylic acids is 1. The third kappa shape index (κ3) is 5.32. The number of hydrogen-bond donors (Lipinski definition) is 1. The summed E-state index contributed by atoms with van der Waals surface area (Å²) >= 11 is 0. The van der Waals surface area contributed by atoms with Crippen molar-refractivity contribution in [3.63, 3.8) is 0 Å². The Morgan fingerprint density at radius 3 is 2.61 bits per heavy atom. The van der Waals surface area contributed by atoms with Crippen molar-refractivity contribution in [2.45, 2.75) is 45.3 Å². The smallest absolute Gasteiger partial charge is 0.410 e. The van der Waals surface area contributed by atoms with E-state index >= 15 is 0 Å². The minimum atomic E-state index is -0.477. The van der Waals surface area contributed by atoms with E-state index in [0.717, 1.165) is 30.8 Å². The van der Waals surface area contributed by atoms with Crippen LogP contribution in [0.4, 0.5) is 10.5 Å². The normalized spacial score (nSPS) is 17.9. The van der Waals surface area contributed by atoms with Crippen LogP contribution in [-0.2, 0) is 9.57 Å². The standard InChI is InChI=1S/C17H26N2O4/c1-17(2,3)23-16(20)19-11-5-6-14(19)12-22-15-9-7-13(8-10-15)18-21-4/h7-10,14,18H,5-6,11-12H2,1-4H3. The number of anilines is 1. The minimum absolute atomic E-state index is 0.0571. The molecule has 0 saturated carbocycles. The quantitative estimate of drug-likeness (QED) is 0.842. The van der Waals surface area contributed by atoms with Gasteiger partial charge >= 0.3 is 6.09 Å². The molecule has 6 heteroatoms. The lowest BCUT2D eigenvalue weighted by molar-refractivity contribution is 0.0187. The van der Waals surface area contributed by atoms with E-state index in [9.17, 15) is 4.79 Å². The molecule has 1 aliphatic rings. The average Bonchev–Trinajstić information content (AvgIpc) is 2.94. The highest BCUT2D eigenvalue weighted by atomic mass is 16.6.